The highest BCUT2D eigenvalue weighted by atomic mass is 16.3. The van der Waals surface area contributed by atoms with Crippen molar-refractivity contribution in [1.29, 1.82) is 0 Å². The van der Waals surface area contributed by atoms with E-state index < -0.39 is 17.3 Å². The average molecular weight is 397 g/mol. The van der Waals surface area contributed by atoms with E-state index in [1.165, 1.54) is 10.6 Å². The van der Waals surface area contributed by atoms with Crippen LogP contribution in [0.15, 0.2) is 72.8 Å². The molecule has 146 valence electrons. The molecule has 6 nitrogen and oxygen atoms in total. The number of Topliss-reactive ketones (excluding diaryl/α,β-unsaturated/α-hetero) is 2. The fourth-order valence-electron chi connectivity index (χ4n) is 4.00. The van der Waals surface area contributed by atoms with E-state index in [0.717, 1.165) is 6.07 Å². The lowest BCUT2D eigenvalue weighted by Gasteiger charge is -2.20. The molecule has 0 fully saturated rings. The lowest BCUT2D eigenvalue weighted by Crippen LogP contribution is -2.26. The van der Waals surface area contributed by atoms with Crippen LogP contribution in [0.3, 0.4) is 0 Å². The number of nitrogens with zero attached hydrogens (tertiary/aromatic N) is 1. The summed E-state index contributed by atoms with van der Waals surface area (Å²) in [5, 5.41) is 31.5. The summed E-state index contributed by atoms with van der Waals surface area (Å²) in [6.45, 7) is 0. The molecule has 0 radical (unpaired) electrons. The number of rotatable bonds is 2. The zero-order valence-corrected chi connectivity index (χ0v) is 15.5. The van der Waals surface area contributed by atoms with E-state index >= 15 is 0 Å². The van der Waals surface area contributed by atoms with E-state index in [9.17, 15) is 24.9 Å². The summed E-state index contributed by atoms with van der Waals surface area (Å²) in [5.41, 5.74) is 1.87. The van der Waals surface area contributed by atoms with E-state index in [-0.39, 0.29) is 28.6 Å². The van der Waals surface area contributed by atoms with Gasteiger partial charge >= 0.3 is 0 Å². The molecule has 0 spiro atoms. The third-order valence-corrected chi connectivity index (χ3v) is 5.24. The van der Waals surface area contributed by atoms with Crippen LogP contribution in [0.25, 0.3) is 27.9 Å². The Kier molecular flexibility index (Phi) is 3.76. The molecule has 4 aromatic rings. The van der Waals surface area contributed by atoms with Crippen molar-refractivity contribution in [3.8, 4) is 45.3 Å². The van der Waals surface area contributed by atoms with Gasteiger partial charge in [-0.1, -0.05) is 60.7 Å². The van der Waals surface area contributed by atoms with Crippen molar-refractivity contribution in [2.45, 2.75) is 0 Å². The Hall–Kier alpha value is -4.32. The topological polar surface area (TPSA) is 99.8 Å². The number of aromatic nitrogens is 1. The zero-order valence-electron chi connectivity index (χ0n) is 15.5. The molecule has 3 N–H and O–H groups in total. The second-order valence-electron chi connectivity index (χ2n) is 7.01. The van der Waals surface area contributed by atoms with Gasteiger partial charge in [0.15, 0.2) is 0 Å². The highest BCUT2D eigenvalue weighted by molar-refractivity contribution is 6.52. The number of carbonyl (C=O) groups is 2. The fraction of sp³-hybridized carbons (Fsp3) is 0. The molecule has 1 aromatic heterocycles. The number of aromatic hydroxyl groups is 3. The quantitative estimate of drug-likeness (QED) is 0.438. The van der Waals surface area contributed by atoms with Crippen molar-refractivity contribution in [2.24, 2.45) is 0 Å². The van der Waals surface area contributed by atoms with E-state index in [4.69, 9.17) is 0 Å². The minimum atomic E-state index is -0.899. The molecule has 0 atom stereocenters. The van der Waals surface area contributed by atoms with Crippen LogP contribution in [0.1, 0.15) is 20.8 Å². The molecule has 6 heteroatoms. The van der Waals surface area contributed by atoms with Gasteiger partial charge in [-0.3, -0.25) is 14.2 Å². The molecular weight excluding hydrogens is 382 g/mol. The highest BCUT2D eigenvalue weighted by Crippen LogP contribution is 2.49. The van der Waals surface area contributed by atoms with Gasteiger partial charge in [0.2, 0.25) is 11.7 Å². The van der Waals surface area contributed by atoms with Crippen LogP contribution in [0.4, 0.5) is 0 Å². The van der Waals surface area contributed by atoms with Crippen molar-refractivity contribution in [2.75, 3.05) is 0 Å². The summed E-state index contributed by atoms with van der Waals surface area (Å²) in [4.78, 5) is 26.0. The summed E-state index contributed by atoms with van der Waals surface area (Å²) in [6, 6.07) is 20.3. The minimum absolute atomic E-state index is 0.0138. The smallest absolute Gasteiger partial charge is 0.251 e. The van der Waals surface area contributed by atoms with Crippen LogP contribution in [0, 0.1) is 0 Å². The SMILES string of the molecule is O=C1C(=O)c2c(-c3ccccc3)c(-c3ccccc3)c(O)n2-c2cc(O)cc(O)c21. The molecule has 30 heavy (non-hydrogen) atoms. The fourth-order valence-corrected chi connectivity index (χ4v) is 4.00. The van der Waals surface area contributed by atoms with Crippen LogP contribution in [-0.4, -0.2) is 31.5 Å². The van der Waals surface area contributed by atoms with Crippen molar-refractivity contribution < 1.29 is 24.9 Å². The number of phenols is 2. The molecule has 1 aliphatic rings. The first-order chi connectivity index (χ1) is 14.5. The number of benzene rings is 3. The first-order valence-corrected chi connectivity index (χ1v) is 9.23. The van der Waals surface area contributed by atoms with E-state index in [1.807, 2.05) is 12.1 Å². The largest absolute Gasteiger partial charge is 0.508 e. The first kappa shape index (κ1) is 17.8. The maximum atomic E-state index is 13.2. The van der Waals surface area contributed by atoms with E-state index in [0.29, 0.717) is 22.3 Å². The Morgan fingerprint density at radius 2 is 1.20 bits per heavy atom. The molecule has 0 amide bonds. The van der Waals surface area contributed by atoms with Crippen LogP contribution < -0.4 is 0 Å². The highest BCUT2D eigenvalue weighted by Gasteiger charge is 2.40. The van der Waals surface area contributed by atoms with Gasteiger partial charge in [0.25, 0.3) is 5.78 Å². The van der Waals surface area contributed by atoms with E-state index in [2.05, 4.69) is 0 Å². The Morgan fingerprint density at radius 1 is 0.633 bits per heavy atom. The number of phenolic OH excluding ortho intramolecular Hbond substituents is 2. The van der Waals surface area contributed by atoms with Gasteiger partial charge in [0.1, 0.15) is 17.2 Å². The Balaban J connectivity index is 1.97. The molecular formula is C24H15NO5. The average Bonchev–Trinajstić information content (AvgIpc) is 3.06. The number of carbonyl (C=O) groups excluding carboxylic acids is 2. The second kappa shape index (κ2) is 6.35. The van der Waals surface area contributed by atoms with Crippen LogP contribution >= 0.6 is 0 Å². The van der Waals surface area contributed by atoms with Gasteiger partial charge in [-0.2, -0.15) is 0 Å². The molecule has 0 bridgehead atoms. The standard InChI is InChI=1S/C24H15NO5/c26-15-11-16-20(17(27)12-15)22(28)23(29)21-18(13-7-3-1-4-8-13)19(24(30)25(16)21)14-9-5-2-6-10-14/h1-12,26-27,30H. The lowest BCUT2D eigenvalue weighted by molar-refractivity contribution is 0.0805. The second-order valence-corrected chi connectivity index (χ2v) is 7.01. The van der Waals surface area contributed by atoms with E-state index in [1.54, 1.807) is 48.5 Å². The molecule has 0 saturated carbocycles. The van der Waals surface area contributed by atoms with Gasteiger partial charge in [-0.15, -0.1) is 0 Å². The van der Waals surface area contributed by atoms with Crippen molar-refractivity contribution in [3.05, 3.63) is 84.1 Å². The van der Waals surface area contributed by atoms with Crippen LogP contribution in [-0.2, 0) is 0 Å². The van der Waals surface area contributed by atoms with Gasteiger partial charge in [-0.05, 0) is 11.1 Å². The predicted octanol–water partition coefficient (Wildman–Crippen LogP) is 4.31. The van der Waals surface area contributed by atoms with Gasteiger partial charge in [0, 0.05) is 17.7 Å². The Bertz CT molecular complexity index is 1340. The van der Waals surface area contributed by atoms with Crippen LogP contribution in [0.5, 0.6) is 17.4 Å². The van der Waals surface area contributed by atoms with Crippen LogP contribution in [0.2, 0.25) is 0 Å². The number of ketones is 2. The third kappa shape index (κ3) is 2.37. The molecule has 0 saturated heterocycles. The number of hydrogen-bond acceptors (Lipinski definition) is 5. The Morgan fingerprint density at radius 3 is 1.80 bits per heavy atom. The van der Waals surface area contributed by atoms with Crippen molar-refractivity contribution in [1.82, 2.24) is 4.57 Å². The molecule has 0 unspecified atom stereocenters. The summed E-state index contributed by atoms with van der Waals surface area (Å²) in [7, 11) is 0. The predicted molar refractivity (Wildman–Crippen MR) is 110 cm³/mol. The molecule has 1 aliphatic heterocycles. The van der Waals surface area contributed by atoms with Crippen molar-refractivity contribution >= 4 is 11.6 Å². The summed E-state index contributed by atoms with van der Waals surface area (Å²) >= 11 is 0. The monoisotopic (exact) mass is 397 g/mol. The summed E-state index contributed by atoms with van der Waals surface area (Å²) in [5.74, 6) is -2.83. The number of hydrogen-bond donors (Lipinski definition) is 3. The maximum absolute atomic E-state index is 13.2. The summed E-state index contributed by atoms with van der Waals surface area (Å²) < 4.78 is 1.23. The molecule has 0 aliphatic carbocycles. The van der Waals surface area contributed by atoms with Gasteiger partial charge in [0.05, 0.1) is 16.8 Å². The maximum Gasteiger partial charge on any atom is 0.251 e. The van der Waals surface area contributed by atoms with Gasteiger partial charge in [-0.25, -0.2) is 0 Å². The Labute approximate surface area is 170 Å². The zero-order chi connectivity index (χ0) is 21.0. The molecule has 3 aromatic carbocycles. The summed E-state index contributed by atoms with van der Waals surface area (Å²) in [6.07, 6.45) is 0. The normalized spacial score (nSPS) is 12.5. The lowest BCUT2D eigenvalue weighted by atomic mass is 9.91. The number of fused-ring (bicyclic) bond motifs is 3. The van der Waals surface area contributed by atoms with Gasteiger partial charge < -0.3 is 15.3 Å². The van der Waals surface area contributed by atoms with Crippen molar-refractivity contribution in [3.63, 3.8) is 0 Å². The minimum Gasteiger partial charge on any atom is -0.508 e. The third-order valence-electron chi connectivity index (χ3n) is 5.24. The first-order valence-electron chi connectivity index (χ1n) is 9.23. The molecule has 2 heterocycles. The molecule has 5 rings (SSSR count).